The number of piperidine rings is 1. The van der Waals surface area contributed by atoms with Gasteiger partial charge in [0.2, 0.25) is 11.8 Å². The lowest BCUT2D eigenvalue weighted by Gasteiger charge is -2.61. The Balaban J connectivity index is 1.11. The first-order valence-electron chi connectivity index (χ1n) is 14.0. The maximum Gasteiger partial charge on any atom is 0.248 e. The molecule has 2 unspecified atom stereocenters. The maximum atomic E-state index is 12.8. The van der Waals surface area contributed by atoms with E-state index >= 15 is 0 Å². The molecule has 2 heterocycles. The summed E-state index contributed by atoms with van der Waals surface area (Å²) in [6.07, 6.45) is 10.6. The van der Waals surface area contributed by atoms with E-state index in [2.05, 4.69) is 11.0 Å². The predicted molar refractivity (Wildman–Crippen MR) is 136 cm³/mol. The zero-order valence-corrected chi connectivity index (χ0v) is 21.3. The van der Waals surface area contributed by atoms with Crippen LogP contribution in [0.5, 0.6) is 0 Å². The zero-order chi connectivity index (χ0) is 25.1. The number of amides is 2. The summed E-state index contributed by atoms with van der Waals surface area (Å²) in [6.45, 7) is 1.71. The third-order valence-corrected chi connectivity index (χ3v) is 10.3. The van der Waals surface area contributed by atoms with Gasteiger partial charge in [-0.1, -0.05) is 12.1 Å². The molecule has 5 atom stereocenters. The highest BCUT2D eigenvalue weighted by Crippen LogP contribution is 2.61. The maximum absolute atomic E-state index is 12.8. The molecule has 6 aliphatic rings. The average Bonchev–Trinajstić information content (AvgIpc) is 3.06. The number of carbonyl (C=O) groups is 2. The van der Waals surface area contributed by atoms with E-state index < -0.39 is 12.2 Å². The molecule has 7 rings (SSSR count). The van der Waals surface area contributed by atoms with Gasteiger partial charge in [-0.3, -0.25) is 14.5 Å². The molecular weight excluding hydrogens is 454 g/mol. The van der Waals surface area contributed by atoms with Crippen LogP contribution in [0.1, 0.15) is 86.0 Å². The third-order valence-electron chi connectivity index (χ3n) is 10.3. The van der Waals surface area contributed by atoms with E-state index in [1.165, 1.54) is 24.8 Å². The fourth-order valence-corrected chi connectivity index (χ4v) is 9.48. The van der Waals surface area contributed by atoms with Gasteiger partial charge in [-0.2, -0.15) is 0 Å². The van der Waals surface area contributed by atoms with Crippen molar-refractivity contribution in [2.45, 2.75) is 87.8 Å². The van der Waals surface area contributed by atoms with Crippen molar-refractivity contribution in [2.24, 2.45) is 23.0 Å². The van der Waals surface area contributed by atoms with Crippen molar-refractivity contribution in [1.29, 1.82) is 0 Å². The lowest BCUT2D eigenvalue weighted by atomic mass is 9.48. The van der Waals surface area contributed by atoms with Crippen LogP contribution in [0.4, 0.5) is 0 Å². The summed E-state index contributed by atoms with van der Waals surface area (Å²) in [4.78, 5) is 29.0. The molecule has 7 nitrogen and oxygen atoms in total. The molecule has 1 aromatic rings. The highest BCUT2D eigenvalue weighted by atomic mass is 16.3. The number of aliphatic hydroxyl groups excluding tert-OH is 1. The second kappa shape index (κ2) is 9.10. The monoisotopic (exact) mass is 495 g/mol. The molecule has 4 saturated carbocycles. The highest BCUT2D eigenvalue weighted by molar-refractivity contribution is 5.92. The Labute approximate surface area is 214 Å². The topological polar surface area (TPSA) is 107 Å². The van der Waals surface area contributed by atoms with E-state index in [1.54, 1.807) is 6.07 Å². The zero-order valence-electron chi connectivity index (χ0n) is 21.3. The SMILES string of the molecule is NC(=O)c1cccc([C@H]2C[C@H]3CC[C@@H](C2)N3CCN(CC23CC4CC(CC(O)(C4)C2)C3)C(=O)CO)c1. The number of nitrogens with two attached hydrogens (primary N) is 1. The number of fused-ring (bicyclic) bond motifs is 2. The van der Waals surface area contributed by atoms with E-state index in [0.29, 0.717) is 48.5 Å². The normalized spacial score (nSPS) is 38.9. The van der Waals surface area contributed by atoms with Crippen LogP contribution in [0.2, 0.25) is 0 Å². The first-order chi connectivity index (χ1) is 17.2. The van der Waals surface area contributed by atoms with E-state index in [0.717, 1.165) is 51.5 Å². The minimum Gasteiger partial charge on any atom is -0.390 e. The van der Waals surface area contributed by atoms with Gasteiger partial charge in [0.1, 0.15) is 6.61 Å². The van der Waals surface area contributed by atoms with Gasteiger partial charge in [0.05, 0.1) is 5.60 Å². The molecule has 4 N–H and O–H groups in total. The molecule has 0 spiro atoms. The number of hydrogen-bond donors (Lipinski definition) is 3. The molecule has 0 radical (unpaired) electrons. The van der Waals surface area contributed by atoms with E-state index in [9.17, 15) is 19.8 Å². The smallest absolute Gasteiger partial charge is 0.248 e. The molecule has 196 valence electrons. The second-order valence-corrected chi connectivity index (χ2v) is 12.9. The molecule has 6 bridgehead atoms. The van der Waals surface area contributed by atoms with Gasteiger partial charge < -0.3 is 20.8 Å². The van der Waals surface area contributed by atoms with Crippen LogP contribution in [0, 0.1) is 17.3 Å². The Morgan fingerprint density at radius 2 is 1.75 bits per heavy atom. The molecule has 2 saturated heterocycles. The number of primary amides is 1. The van der Waals surface area contributed by atoms with Gasteiger partial charge >= 0.3 is 0 Å². The fourth-order valence-electron chi connectivity index (χ4n) is 9.48. The van der Waals surface area contributed by atoms with Crippen LogP contribution in [0.3, 0.4) is 0 Å². The Morgan fingerprint density at radius 3 is 2.36 bits per heavy atom. The lowest BCUT2D eigenvalue weighted by molar-refractivity contribution is -0.173. The highest BCUT2D eigenvalue weighted by Gasteiger charge is 2.57. The van der Waals surface area contributed by atoms with E-state index in [4.69, 9.17) is 5.73 Å². The third kappa shape index (κ3) is 4.48. The number of hydrogen-bond acceptors (Lipinski definition) is 5. The summed E-state index contributed by atoms with van der Waals surface area (Å²) < 4.78 is 0. The van der Waals surface area contributed by atoms with E-state index in [-0.39, 0.29) is 17.2 Å². The number of benzene rings is 1. The molecular formula is C29H41N3O4. The van der Waals surface area contributed by atoms with Crippen LogP contribution < -0.4 is 5.73 Å². The van der Waals surface area contributed by atoms with Gasteiger partial charge in [-0.05, 0) is 105 Å². The summed E-state index contributed by atoms with van der Waals surface area (Å²) in [5.41, 5.74) is 6.77. The van der Waals surface area contributed by atoms with Crippen LogP contribution >= 0.6 is 0 Å². The van der Waals surface area contributed by atoms with Crippen molar-refractivity contribution in [3.05, 3.63) is 35.4 Å². The van der Waals surface area contributed by atoms with Crippen molar-refractivity contribution in [3.63, 3.8) is 0 Å². The molecule has 7 heteroatoms. The Morgan fingerprint density at radius 1 is 1.06 bits per heavy atom. The summed E-state index contributed by atoms with van der Waals surface area (Å²) in [7, 11) is 0. The van der Waals surface area contributed by atoms with Crippen molar-refractivity contribution in [1.82, 2.24) is 9.80 Å². The first-order valence-corrected chi connectivity index (χ1v) is 14.0. The van der Waals surface area contributed by atoms with Crippen LogP contribution in [0.25, 0.3) is 0 Å². The Bertz CT molecular complexity index is 1000. The molecule has 6 fully saturated rings. The van der Waals surface area contributed by atoms with Crippen molar-refractivity contribution in [2.75, 3.05) is 26.2 Å². The Hall–Kier alpha value is -1.96. The van der Waals surface area contributed by atoms with Crippen molar-refractivity contribution < 1.29 is 19.8 Å². The molecule has 2 aliphatic heterocycles. The summed E-state index contributed by atoms with van der Waals surface area (Å²) in [5, 5.41) is 20.9. The van der Waals surface area contributed by atoms with E-state index in [1.807, 2.05) is 17.0 Å². The summed E-state index contributed by atoms with van der Waals surface area (Å²) in [5.74, 6) is 1.05. The summed E-state index contributed by atoms with van der Waals surface area (Å²) in [6, 6.07) is 8.76. The quantitative estimate of drug-likeness (QED) is 0.514. The van der Waals surface area contributed by atoms with Gasteiger partial charge in [0, 0.05) is 37.3 Å². The largest absolute Gasteiger partial charge is 0.390 e. The average molecular weight is 496 g/mol. The second-order valence-electron chi connectivity index (χ2n) is 12.9. The summed E-state index contributed by atoms with van der Waals surface area (Å²) >= 11 is 0. The molecule has 2 amide bonds. The molecule has 4 aliphatic carbocycles. The number of nitrogens with zero attached hydrogens (tertiary/aromatic N) is 2. The van der Waals surface area contributed by atoms with Gasteiger partial charge in [0.25, 0.3) is 0 Å². The standard InChI is InChI=1S/C29H41N3O4/c30-27(35)22-3-1-2-21(9-22)23-10-24-4-5-25(11-23)32(24)7-6-31(26(34)16-33)18-28-12-19-8-20(13-28)15-29(36,14-19)17-28/h1-3,9,19-20,23-25,33,36H,4-8,10-18H2,(H2,30,35)/t19?,20?,23-,24+,25-,28?,29?. The van der Waals surface area contributed by atoms with Crippen molar-refractivity contribution >= 4 is 11.8 Å². The van der Waals surface area contributed by atoms with Crippen molar-refractivity contribution in [3.8, 4) is 0 Å². The van der Waals surface area contributed by atoms with Gasteiger partial charge in [-0.15, -0.1) is 0 Å². The lowest BCUT2D eigenvalue weighted by Crippen LogP contribution is -2.59. The minimum absolute atomic E-state index is 0.0150. The number of carbonyl (C=O) groups excluding carboxylic acids is 2. The molecule has 0 aromatic heterocycles. The van der Waals surface area contributed by atoms with Crippen LogP contribution in [0.15, 0.2) is 24.3 Å². The number of aliphatic hydroxyl groups is 2. The molecule has 1 aromatic carbocycles. The minimum atomic E-state index is -0.537. The predicted octanol–water partition coefficient (Wildman–Crippen LogP) is 2.65. The first kappa shape index (κ1) is 24.4. The number of rotatable bonds is 8. The Kier molecular flexibility index (Phi) is 6.17. The fraction of sp³-hybridized carbons (Fsp3) is 0.724. The van der Waals surface area contributed by atoms with Gasteiger partial charge in [0.15, 0.2) is 0 Å². The van der Waals surface area contributed by atoms with Crippen LogP contribution in [-0.4, -0.2) is 75.8 Å². The molecule has 36 heavy (non-hydrogen) atoms. The van der Waals surface area contributed by atoms with Crippen LogP contribution in [-0.2, 0) is 4.79 Å². The van der Waals surface area contributed by atoms with Gasteiger partial charge in [-0.25, -0.2) is 0 Å².